The fraction of sp³-hybridized carbons (Fsp3) is 0.263. The van der Waals surface area contributed by atoms with Gasteiger partial charge in [-0.1, -0.05) is 6.07 Å². The second-order valence-corrected chi connectivity index (χ2v) is 6.12. The van der Waals surface area contributed by atoms with Crippen LogP contribution in [0.15, 0.2) is 59.9 Å². The third-order valence-corrected chi connectivity index (χ3v) is 4.46. The van der Waals surface area contributed by atoms with Crippen molar-refractivity contribution in [1.82, 2.24) is 19.5 Å². The van der Waals surface area contributed by atoms with Crippen molar-refractivity contribution in [3.63, 3.8) is 0 Å². The molecule has 25 heavy (non-hydrogen) atoms. The third kappa shape index (κ3) is 3.28. The summed E-state index contributed by atoms with van der Waals surface area (Å²) in [5, 5.41) is 0. The van der Waals surface area contributed by atoms with Crippen molar-refractivity contribution < 1.29 is 0 Å². The molecule has 0 fully saturated rings. The van der Waals surface area contributed by atoms with Gasteiger partial charge in [-0.05, 0) is 36.6 Å². The van der Waals surface area contributed by atoms with E-state index in [1.54, 1.807) is 29.2 Å². The van der Waals surface area contributed by atoms with Crippen LogP contribution in [0.5, 0.6) is 0 Å². The Bertz CT molecular complexity index is 908. The van der Waals surface area contributed by atoms with Crippen LogP contribution in [0.2, 0.25) is 0 Å². The highest BCUT2D eigenvalue weighted by atomic mass is 16.1. The molecule has 1 aliphatic rings. The molecule has 1 aliphatic heterocycles. The molecule has 0 unspecified atom stereocenters. The van der Waals surface area contributed by atoms with Crippen molar-refractivity contribution in [3.8, 4) is 11.3 Å². The third-order valence-electron chi connectivity index (χ3n) is 4.46. The second-order valence-electron chi connectivity index (χ2n) is 6.12. The summed E-state index contributed by atoms with van der Waals surface area (Å²) in [5.74, 6) is 0.769. The first-order valence-corrected chi connectivity index (χ1v) is 8.47. The lowest BCUT2D eigenvalue weighted by atomic mass is 10.1. The van der Waals surface area contributed by atoms with Crippen molar-refractivity contribution >= 4 is 5.95 Å². The Morgan fingerprint density at radius 1 is 1.04 bits per heavy atom. The van der Waals surface area contributed by atoms with Gasteiger partial charge in [-0.25, -0.2) is 4.98 Å². The normalized spacial score (nSPS) is 13.0. The van der Waals surface area contributed by atoms with E-state index in [0.29, 0.717) is 12.2 Å². The van der Waals surface area contributed by atoms with Gasteiger partial charge in [0.15, 0.2) is 0 Å². The van der Waals surface area contributed by atoms with Gasteiger partial charge in [-0.3, -0.25) is 19.3 Å². The van der Waals surface area contributed by atoms with E-state index in [0.717, 1.165) is 37.4 Å². The minimum absolute atomic E-state index is 0.00608. The molecule has 0 N–H and O–H groups in total. The highest BCUT2D eigenvalue weighted by molar-refractivity contribution is 5.59. The van der Waals surface area contributed by atoms with Crippen LogP contribution in [-0.4, -0.2) is 32.6 Å². The fourth-order valence-electron chi connectivity index (χ4n) is 3.17. The predicted octanol–water partition coefficient (Wildman–Crippen LogP) is 2.15. The zero-order valence-corrected chi connectivity index (χ0v) is 13.9. The summed E-state index contributed by atoms with van der Waals surface area (Å²) in [5.41, 5.74) is 2.86. The van der Waals surface area contributed by atoms with E-state index in [2.05, 4.69) is 20.9 Å². The summed E-state index contributed by atoms with van der Waals surface area (Å²) in [7, 11) is 0. The van der Waals surface area contributed by atoms with Crippen molar-refractivity contribution in [1.29, 1.82) is 0 Å². The van der Waals surface area contributed by atoms with E-state index < -0.39 is 0 Å². The monoisotopic (exact) mass is 333 g/mol. The molecule has 0 aliphatic carbocycles. The summed E-state index contributed by atoms with van der Waals surface area (Å²) in [4.78, 5) is 27.5. The van der Waals surface area contributed by atoms with Crippen LogP contribution >= 0.6 is 0 Å². The lowest BCUT2D eigenvalue weighted by Crippen LogP contribution is -2.24. The molecular formula is C19H19N5O. The Morgan fingerprint density at radius 3 is 2.72 bits per heavy atom. The van der Waals surface area contributed by atoms with Crippen LogP contribution in [0.3, 0.4) is 0 Å². The molecule has 4 heterocycles. The van der Waals surface area contributed by atoms with Gasteiger partial charge in [0, 0.05) is 56.1 Å². The fourth-order valence-corrected chi connectivity index (χ4v) is 3.17. The van der Waals surface area contributed by atoms with Gasteiger partial charge in [0.2, 0.25) is 5.95 Å². The van der Waals surface area contributed by atoms with E-state index in [4.69, 9.17) is 4.98 Å². The standard InChI is InChI=1S/C19H19N5O/c25-18-13-17(16-5-8-20-9-6-16)22-19-23(11-12-24(18)19)10-2-4-15-3-1-7-21-14-15/h1,3,5-9,13-14H,2,4,10-12H2. The Hall–Kier alpha value is -3.02. The SMILES string of the molecule is O=c1cc(-c2ccncc2)nc2n1CCN2CCCc1cccnc1. The lowest BCUT2D eigenvalue weighted by molar-refractivity contribution is 0.726. The number of rotatable bonds is 5. The van der Waals surface area contributed by atoms with Crippen molar-refractivity contribution in [2.75, 3.05) is 18.0 Å². The number of aryl methyl sites for hydroxylation is 1. The summed E-state index contributed by atoms with van der Waals surface area (Å²) < 4.78 is 1.76. The van der Waals surface area contributed by atoms with Gasteiger partial charge in [-0.15, -0.1) is 0 Å². The Morgan fingerprint density at radius 2 is 1.92 bits per heavy atom. The van der Waals surface area contributed by atoms with Crippen LogP contribution in [0, 0.1) is 0 Å². The summed E-state index contributed by atoms with van der Waals surface area (Å²) >= 11 is 0. The molecule has 0 atom stereocenters. The Balaban J connectivity index is 1.53. The van der Waals surface area contributed by atoms with Gasteiger partial charge < -0.3 is 4.90 Å². The largest absolute Gasteiger partial charge is 0.340 e. The highest BCUT2D eigenvalue weighted by Gasteiger charge is 2.22. The van der Waals surface area contributed by atoms with E-state index in [1.165, 1.54) is 5.56 Å². The minimum atomic E-state index is 0.00608. The smallest absolute Gasteiger partial charge is 0.255 e. The topological polar surface area (TPSA) is 63.9 Å². The number of fused-ring (bicyclic) bond motifs is 1. The maximum atomic E-state index is 12.4. The molecule has 6 nitrogen and oxygen atoms in total. The molecule has 3 aromatic heterocycles. The van der Waals surface area contributed by atoms with Crippen LogP contribution in [-0.2, 0) is 13.0 Å². The number of anilines is 1. The number of hydrogen-bond donors (Lipinski definition) is 0. The maximum Gasteiger partial charge on any atom is 0.255 e. The molecule has 0 bridgehead atoms. The molecular weight excluding hydrogens is 314 g/mol. The average molecular weight is 333 g/mol. The molecule has 4 rings (SSSR count). The molecule has 0 aromatic carbocycles. The van der Waals surface area contributed by atoms with Crippen molar-refractivity contribution in [3.05, 3.63) is 71.0 Å². The summed E-state index contributed by atoms with van der Waals surface area (Å²) in [6.45, 7) is 2.40. The first-order chi connectivity index (χ1) is 12.3. The first-order valence-electron chi connectivity index (χ1n) is 8.47. The molecule has 0 spiro atoms. The average Bonchev–Trinajstić information content (AvgIpc) is 3.07. The quantitative estimate of drug-likeness (QED) is 0.716. The maximum absolute atomic E-state index is 12.4. The van der Waals surface area contributed by atoms with Crippen LogP contribution in [0.4, 0.5) is 5.95 Å². The Kier molecular flexibility index (Phi) is 4.24. The zero-order chi connectivity index (χ0) is 17.1. The molecule has 126 valence electrons. The number of aromatic nitrogens is 4. The Labute approximate surface area is 145 Å². The molecule has 3 aromatic rings. The van der Waals surface area contributed by atoms with E-state index in [9.17, 15) is 4.79 Å². The van der Waals surface area contributed by atoms with E-state index in [1.807, 2.05) is 24.4 Å². The minimum Gasteiger partial charge on any atom is -0.340 e. The number of hydrogen-bond acceptors (Lipinski definition) is 5. The van der Waals surface area contributed by atoms with Crippen LogP contribution in [0.1, 0.15) is 12.0 Å². The second kappa shape index (κ2) is 6.84. The van der Waals surface area contributed by atoms with E-state index >= 15 is 0 Å². The zero-order valence-electron chi connectivity index (χ0n) is 13.9. The van der Waals surface area contributed by atoms with Gasteiger partial charge >= 0.3 is 0 Å². The molecule has 0 saturated carbocycles. The molecule has 0 saturated heterocycles. The summed E-state index contributed by atoms with van der Waals surface area (Å²) in [6, 6.07) is 9.41. The van der Waals surface area contributed by atoms with E-state index in [-0.39, 0.29) is 5.56 Å². The van der Waals surface area contributed by atoms with Gasteiger partial charge in [0.25, 0.3) is 5.56 Å². The molecule has 6 heteroatoms. The molecule has 0 amide bonds. The highest BCUT2D eigenvalue weighted by Crippen LogP contribution is 2.22. The van der Waals surface area contributed by atoms with Crippen LogP contribution in [0.25, 0.3) is 11.3 Å². The lowest BCUT2D eigenvalue weighted by Gasteiger charge is -2.17. The van der Waals surface area contributed by atoms with Gasteiger partial charge in [0.1, 0.15) is 0 Å². The van der Waals surface area contributed by atoms with Crippen molar-refractivity contribution in [2.45, 2.75) is 19.4 Å². The van der Waals surface area contributed by atoms with Gasteiger partial charge in [0.05, 0.1) is 5.69 Å². The van der Waals surface area contributed by atoms with Crippen molar-refractivity contribution in [2.24, 2.45) is 0 Å². The van der Waals surface area contributed by atoms with Gasteiger partial charge in [-0.2, -0.15) is 0 Å². The first kappa shape index (κ1) is 15.5. The summed E-state index contributed by atoms with van der Waals surface area (Å²) in [6.07, 6.45) is 9.10. The number of nitrogens with zero attached hydrogens (tertiary/aromatic N) is 5. The number of pyridine rings is 2. The predicted molar refractivity (Wildman–Crippen MR) is 96.5 cm³/mol. The van der Waals surface area contributed by atoms with Crippen LogP contribution < -0.4 is 10.5 Å². The molecule has 0 radical (unpaired) electrons.